The molecule has 0 saturated heterocycles. The van der Waals surface area contributed by atoms with E-state index in [1.165, 1.54) is 6.42 Å². The van der Waals surface area contributed by atoms with Crippen molar-refractivity contribution in [3.8, 4) is 0 Å². The Bertz CT molecular complexity index is 121. The summed E-state index contributed by atoms with van der Waals surface area (Å²) in [5.74, 6) is 0.705. The van der Waals surface area contributed by atoms with Gasteiger partial charge in [-0.15, -0.1) is 0 Å². The Balaban J connectivity index is 3.94. The molecule has 0 spiro atoms. The summed E-state index contributed by atoms with van der Waals surface area (Å²) < 4.78 is 0. The molecule has 0 saturated carbocycles. The summed E-state index contributed by atoms with van der Waals surface area (Å²) in [6, 6.07) is 1.25. The highest BCUT2D eigenvalue weighted by molar-refractivity contribution is 4.75. The van der Waals surface area contributed by atoms with Gasteiger partial charge < -0.3 is 10.2 Å². The molecule has 0 aliphatic rings. The molecule has 2 nitrogen and oxygen atoms in total. The summed E-state index contributed by atoms with van der Waals surface area (Å²) >= 11 is 0. The highest BCUT2D eigenvalue weighted by Gasteiger charge is 2.15. The molecule has 2 atom stereocenters. The second-order valence-corrected chi connectivity index (χ2v) is 4.59. The van der Waals surface area contributed by atoms with Crippen molar-refractivity contribution in [2.45, 2.75) is 46.2 Å². The number of rotatable bonds is 6. The molecule has 2 heteroatoms. The van der Waals surface area contributed by atoms with Gasteiger partial charge in [0.15, 0.2) is 0 Å². The zero-order chi connectivity index (χ0) is 10.4. The van der Waals surface area contributed by atoms with E-state index in [1.807, 2.05) is 0 Å². The fourth-order valence-electron chi connectivity index (χ4n) is 1.33. The molecule has 1 N–H and O–H groups in total. The fourth-order valence-corrected chi connectivity index (χ4v) is 1.33. The van der Waals surface area contributed by atoms with Gasteiger partial charge in [-0.2, -0.15) is 0 Å². The lowest BCUT2D eigenvalue weighted by atomic mass is 10.0. The van der Waals surface area contributed by atoms with E-state index in [9.17, 15) is 0 Å². The predicted molar refractivity (Wildman–Crippen MR) is 60.1 cm³/mol. The van der Waals surface area contributed by atoms with E-state index in [-0.39, 0.29) is 0 Å². The lowest BCUT2D eigenvalue weighted by molar-refractivity contribution is 0.271. The van der Waals surface area contributed by atoms with Crippen LogP contribution in [0.5, 0.6) is 0 Å². The molecule has 0 aromatic rings. The molecule has 2 unspecified atom stereocenters. The third-order valence-corrected chi connectivity index (χ3v) is 2.48. The van der Waals surface area contributed by atoms with Crippen LogP contribution in [-0.4, -0.2) is 37.6 Å². The second-order valence-electron chi connectivity index (χ2n) is 4.59. The molecule has 0 rings (SSSR count). The van der Waals surface area contributed by atoms with Crippen LogP contribution in [0, 0.1) is 5.92 Å². The van der Waals surface area contributed by atoms with Gasteiger partial charge in [-0.05, 0) is 33.4 Å². The number of likely N-dealkylation sites (N-methyl/N-ethyl adjacent to an activating group) is 1. The highest BCUT2D eigenvalue weighted by Crippen LogP contribution is 2.04. The summed E-state index contributed by atoms with van der Waals surface area (Å²) in [4.78, 5) is 2.25. The normalized spacial score (nSPS) is 16.6. The van der Waals surface area contributed by atoms with Crippen LogP contribution in [0.15, 0.2) is 0 Å². The maximum atomic E-state index is 3.66. The van der Waals surface area contributed by atoms with Gasteiger partial charge in [-0.25, -0.2) is 0 Å². The number of nitrogens with zero attached hydrogens (tertiary/aromatic N) is 1. The molecule has 0 aromatic carbocycles. The molecule has 13 heavy (non-hydrogen) atoms. The minimum atomic E-state index is 0.616. The topological polar surface area (TPSA) is 15.3 Å². The number of hydrogen-bond donors (Lipinski definition) is 1. The Hall–Kier alpha value is -0.0800. The summed E-state index contributed by atoms with van der Waals surface area (Å²) in [5, 5.41) is 3.66. The molecular weight excluding hydrogens is 160 g/mol. The van der Waals surface area contributed by atoms with Crippen LogP contribution in [0.4, 0.5) is 0 Å². The molecule has 0 amide bonds. The van der Waals surface area contributed by atoms with Crippen molar-refractivity contribution in [3.63, 3.8) is 0 Å². The lowest BCUT2D eigenvalue weighted by Gasteiger charge is -2.28. The SMILES string of the molecule is CCC(C)NC(CN(C)C)C(C)C. The summed E-state index contributed by atoms with van der Waals surface area (Å²) in [5.41, 5.74) is 0. The Morgan fingerprint density at radius 2 is 1.69 bits per heavy atom. The summed E-state index contributed by atoms with van der Waals surface area (Å²) in [6.45, 7) is 10.2. The quantitative estimate of drug-likeness (QED) is 0.682. The van der Waals surface area contributed by atoms with Crippen molar-refractivity contribution in [2.75, 3.05) is 20.6 Å². The van der Waals surface area contributed by atoms with Gasteiger partial charge >= 0.3 is 0 Å². The van der Waals surface area contributed by atoms with E-state index in [2.05, 4.69) is 52.0 Å². The Morgan fingerprint density at radius 3 is 2.00 bits per heavy atom. The minimum absolute atomic E-state index is 0.616. The van der Waals surface area contributed by atoms with Gasteiger partial charge in [0.2, 0.25) is 0 Å². The summed E-state index contributed by atoms with van der Waals surface area (Å²) in [7, 11) is 4.27. The number of hydrogen-bond acceptors (Lipinski definition) is 2. The maximum absolute atomic E-state index is 3.66. The largest absolute Gasteiger partial charge is 0.310 e. The van der Waals surface area contributed by atoms with Crippen LogP contribution in [0.1, 0.15) is 34.1 Å². The maximum Gasteiger partial charge on any atom is 0.0220 e. The van der Waals surface area contributed by atoms with Gasteiger partial charge in [0.05, 0.1) is 0 Å². The number of nitrogens with one attached hydrogen (secondary N) is 1. The van der Waals surface area contributed by atoms with Gasteiger partial charge in [0.25, 0.3) is 0 Å². The molecule has 0 aliphatic heterocycles. The van der Waals surface area contributed by atoms with Crippen molar-refractivity contribution in [1.82, 2.24) is 10.2 Å². The molecule has 0 fully saturated rings. The van der Waals surface area contributed by atoms with E-state index in [1.54, 1.807) is 0 Å². The average Bonchev–Trinajstić information content (AvgIpc) is 2.02. The zero-order valence-corrected chi connectivity index (χ0v) is 10.1. The minimum Gasteiger partial charge on any atom is -0.310 e. The smallest absolute Gasteiger partial charge is 0.0220 e. The molecule has 0 bridgehead atoms. The zero-order valence-electron chi connectivity index (χ0n) is 10.1. The Morgan fingerprint density at radius 1 is 1.15 bits per heavy atom. The molecule has 0 radical (unpaired) electrons. The van der Waals surface area contributed by atoms with Crippen molar-refractivity contribution in [3.05, 3.63) is 0 Å². The van der Waals surface area contributed by atoms with Crippen LogP contribution in [-0.2, 0) is 0 Å². The monoisotopic (exact) mass is 186 g/mol. The lowest BCUT2D eigenvalue weighted by Crippen LogP contribution is -2.45. The first kappa shape index (κ1) is 12.9. The second kappa shape index (κ2) is 6.39. The van der Waals surface area contributed by atoms with E-state index in [0.717, 1.165) is 6.54 Å². The fraction of sp³-hybridized carbons (Fsp3) is 1.00. The molecule has 0 heterocycles. The standard InChI is InChI=1S/C11H26N2/c1-7-10(4)12-11(9(2)3)8-13(5)6/h9-12H,7-8H2,1-6H3. The highest BCUT2D eigenvalue weighted by atomic mass is 15.1. The van der Waals surface area contributed by atoms with Crippen molar-refractivity contribution < 1.29 is 0 Å². The van der Waals surface area contributed by atoms with Crippen LogP contribution in [0.3, 0.4) is 0 Å². The first-order valence-electron chi connectivity index (χ1n) is 5.38. The molecule has 0 aliphatic carbocycles. The Labute approximate surface area is 83.7 Å². The third-order valence-electron chi connectivity index (χ3n) is 2.48. The van der Waals surface area contributed by atoms with Gasteiger partial charge in [-0.3, -0.25) is 0 Å². The predicted octanol–water partition coefficient (Wildman–Crippen LogP) is 1.96. The van der Waals surface area contributed by atoms with Crippen LogP contribution >= 0.6 is 0 Å². The van der Waals surface area contributed by atoms with Crippen LogP contribution < -0.4 is 5.32 Å². The van der Waals surface area contributed by atoms with E-state index < -0.39 is 0 Å². The van der Waals surface area contributed by atoms with Crippen molar-refractivity contribution in [2.24, 2.45) is 5.92 Å². The van der Waals surface area contributed by atoms with E-state index >= 15 is 0 Å². The molecule has 80 valence electrons. The summed E-state index contributed by atoms with van der Waals surface area (Å²) in [6.07, 6.45) is 1.21. The van der Waals surface area contributed by atoms with Crippen molar-refractivity contribution in [1.29, 1.82) is 0 Å². The van der Waals surface area contributed by atoms with E-state index in [0.29, 0.717) is 18.0 Å². The van der Waals surface area contributed by atoms with Crippen molar-refractivity contribution >= 4 is 0 Å². The van der Waals surface area contributed by atoms with E-state index in [4.69, 9.17) is 0 Å². The Kier molecular flexibility index (Phi) is 6.35. The first-order valence-corrected chi connectivity index (χ1v) is 5.38. The average molecular weight is 186 g/mol. The van der Waals surface area contributed by atoms with Gasteiger partial charge in [-0.1, -0.05) is 20.8 Å². The van der Waals surface area contributed by atoms with Gasteiger partial charge in [0.1, 0.15) is 0 Å². The third kappa shape index (κ3) is 6.05. The molecule has 0 aromatic heterocycles. The van der Waals surface area contributed by atoms with Gasteiger partial charge in [0, 0.05) is 18.6 Å². The first-order chi connectivity index (χ1) is 5.97. The van der Waals surface area contributed by atoms with Crippen LogP contribution in [0.2, 0.25) is 0 Å². The van der Waals surface area contributed by atoms with Crippen LogP contribution in [0.25, 0.3) is 0 Å². The molecular formula is C11H26N2.